The fourth-order valence-electron chi connectivity index (χ4n) is 3.05. The SMILES string of the molecule is Cc1cccc(N2CCN(CCC(N)C(C)(C)C)CC2)c1C. The quantitative estimate of drug-likeness (QED) is 0.927. The van der Waals surface area contributed by atoms with Crippen molar-refractivity contribution >= 4 is 5.69 Å². The van der Waals surface area contributed by atoms with E-state index in [0.717, 1.165) is 39.1 Å². The molecule has 0 spiro atoms. The summed E-state index contributed by atoms with van der Waals surface area (Å²) in [5, 5.41) is 0. The average molecular weight is 303 g/mol. The highest BCUT2D eigenvalue weighted by Gasteiger charge is 2.23. The van der Waals surface area contributed by atoms with E-state index in [9.17, 15) is 0 Å². The van der Waals surface area contributed by atoms with Crippen LogP contribution in [-0.4, -0.2) is 43.7 Å². The van der Waals surface area contributed by atoms with Crippen LogP contribution in [0.25, 0.3) is 0 Å². The summed E-state index contributed by atoms with van der Waals surface area (Å²) in [6.45, 7) is 16.8. The topological polar surface area (TPSA) is 32.5 Å². The average Bonchev–Trinajstić information content (AvgIpc) is 2.47. The normalized spacial score (nSPS) is 18.5. The van der Waals surface area contributed by atoms with Gasteiger partial charge in [0.2, 0.25) is 0 Å². The van der Waals surface area contributed by atoms with Gasteiger partial charge in [0, 0.05) is 37.9 Å². The molecule has 3 heteroatoms. The zero-order valence-corrected chi connectivity index (χ0v) is 15.0. The summed E-state index contributed by atoms with van der Waals surface area (Å²) < 4.78 is 0. The number of benzene rings is 1. The molecule has 1 unspecified atom stereocenters. The first-order valence-electron chi connectivity index (χ1n) is 8.58. The fraction of sp³-hybridized carbons (Fsp3) is 0.684. The van der Waals surface area contributed by atoms with E-state index in [-0.39, 0.29) is 11.5 Å². The molecule has 0 bridgehead atoms. The Morgan fingerprint density at radius 2 is 1.73 bits per heavy atom. The maximum absolute atomic E-state index is 6.29. The Balaban J connectivity index is 1.84. The molecule has 1 fully saturated rings. The first kappa shape index (κ1) is 17.3. The summed E-state index contributed by atoms with van der Waals surface area (Å²) in [5.74, 6) is 0. The second kappa shape index (κ2) is 7.01. The lowest BCUT2D eigenvalue weighted by Gasteiger charge is -2.38. The maximum atomic E-state index is 6.29. The monoisotopic (exact) mass is 303 g/mol. The third-order valence-corrected chi connectivity index (χ3v) is 5.16. The second-order valence-corrected chi connectivity index (χ2v) is 7.81. The van der Waals surface area contributed by atoms with Crippen LogP contribution >= 0.6 is 0 Å². The minimum Gasteiger partial charge on any atom is -0.369 e. The van der Waals surface area contributed by atoms with Crippen LogP contribution in [0, 0.1) is 19.3 Å². The summed E-state index contributed by atoms with van der Waals surface area (Å²) >= 11 is 0. The van der Waals surface area contributed by atoms with E-state index in [4.69, 9.17) is 5.73 Å². The smallest absolute Gasteiger partial charge is 0.0399 e. The van der Waals surface area contributed by atoms with Crippen molar-refractivity contribution in [2.75, 3.05) is 37.6 Å². The van der Waals surface area contributed by atoms with Crippen molar-refractivity contribution in [3.05, 3.63) is 29.3 Å². The van der Waals surface area contributed by atoms with Crippen molar-refractivity contribution in [1.29, 1.82) is 0 Å². The standard InChI is InChI=1S/C19H33N3/c1-15-7-6-8-17(16(15)2)22-13-11-21(12-14-22)10-9-18(20)19(3,4)5/h6-8,18H,9-14,20H2,1-5H3. The van der Waals surface area contributed by atoms with Crippen LogP contribution < -0.4 is 10.6 Å². The van der Waals surface area contributed by atoms with Crippen LogP contribution in [0.5, 0.6) is 0 Å². The molecule has 1 aliphatic heterocycles. The fourth-order valence-corrected chi connectivity index (χ4v) is 3.05. The van der Waals surface area contributed by atoms with E-state index < -0.39 is 0 Å². The van der Waals surface area contributed by atoms with Crippen LogP contribution in [0.4, 0.5) is 5.69 Å². The first-order chi connectivity index (χ1) is 10.3. The van der Waals surface area contributed by atoms with Gasteiger partial charge in [0.25, 0.3) is 0 Å². The first-order valence-corrected chi connectivity index (χ1v) is 8.58. The number of anilines is 1. The molecule has 1 aromatic rings. The van der Waals surface area contributed by atoms with Crippen molar-refractivity contribution in [1.82, 2.24) is 4.90 Å². The molecule has 1 aromatic carbocycles. The summed E-state index contributed by atoms with van der Waals surface area (Å²) in [7, 11) is 0. The van der Waals surface area contributed by atoms with Crippen LogP contribution in [0.15, 0.2) is 18.2 Å². The van der Waals surface area contributed by atoms with E-state index >= 15 is 0 Å². The van der Waals surface area contributed by atoms with Gasteiger partial charge in [-0.3, -0.25) is 4.90 Å². The van der Waals surface area contributed by atoms with Crippen molar-refractivity contribution < 1.29 is 0 Å². The van der Waals surface area contributed by atoms with Crippen LogP contribution in [0.2, 0.25) is 0 Å². The molecule has 2 rings (SSSR count). The van der Waals surface area contributed by atoms with E-state index in [1.165, 1.54) is 16.8 Å². The molecule has 22 heavy (non-hydrogen) atoms. The van der Waals surface area contributed by atoms with E-state index in [1.54, 1.807) is 0 Å². The molecular weight excluding hydrogens is 270 g/mol. The second-order valence-electron chi connectivity index (χ2n) is 7.81. The summed E-state index contributed by atoms with van der Waals surface area (Å²) in [6, 6.07) is 6.91. The van der Waals surface area contributed by atoms with Gasteiger partial charge < -0.3 is 10.6 Å². The maximum Gasteiger partial charge on any atom is 0.0399 e. The molecule has 3 nitrogen and oxygen atoms in total. The Kier molecular flexibility index (Phi) is 5.51. The van der Waals surface area contributed by atoms with Gasteiger partial charge in [-0.2, -0.15) is 0 Å². The Labute approximate surface area is 136 Å². The summed E-state index contributed by atoms with van der Waals surface area (Å²) in [4.78, 5) is 5.09. The summed E-state index contributed by atoms with van der Waals surface area (Å²) in [6.07, 6.45) is 1.09. The zero-order valence-electron chi connectivity index (χ0n) is 15.0. The number of hydrogen-bond donors (Lipinski definition) is 1. The predicted molar refractivity (Wildman–Crippen MR) is 96.6 cm³/mol. The number of hydrogen-bond acceptors (Lipinski definition) is 3. The zero-order chi connectivity index (χ0) is 16.3. The highest BCUT2D eigenvalue weighted by Crippen LogP contribution is 2.24. The van der Waals surface area contributed by atoms with Crippen molar-refractivity contribution in [2.24, 2.45) is 11.1 Å². The molecule has 0 saturated carbocycles. The Morgan fingerprint density at radius 3 is 2.32 bits per heavy atom. The molecule has 1 aliphatic rings. The van der Waals surface area contributed by atoms with Gasteiger partial charge in [-0.15, -0.1) is 0 Å². The number of nitrogens with zero attached hydrogens (tertiary/aromatic N) is 2. The molecular formula is C19H33N3. The lowest BCUT2D eigenvalue weighted by molar-refractivity contribution is 0.219. The highest BCUT2D eigenvalue weighted by molar-refractivity contribution is 5.56. The Hall–Kier alpha value is -1.06. The van der Waals surface area contributed by atoms with Crippen molar-refractivity contribution in [2.45, 2.75) is 47.1 Å². The molecule has 0 amide bonds. The molecule has 2 N–H and O–H groups in total. The number of piperazine rings is 1. The highest BCUT2D eigenvalue weighted by atomic mass is 15.3. The van der Waals surface area contributed by atoms with Crippen molar-refractivity contribution in [3.8, 4) is 0 Å². The van der Waals surface area contributed by atoms with Gasteiger partial charge in [-0.1, -0.05) is 32.9 Å². The van der Waals surface area contributed by atoms with Gasteiger partial charge in [0.1, 0.15) is 0 Å². The molecule has 1 heterocycles. The van der Waals surface area contributed by atoms with Gasteiger partial charge in [-0.05, 0) is 49.4 Å². The third kappa shape index (κ3) is 4.23. The predicted octanol–water partition coefficient (Wildman–Crippen LogP) is 3.19. The molecule has 0 radical (unpaired) electrons. The molecule has 0 aliphatic carbocycles. The van der Waals surface area contributed by atoms with E-state index in [2.05, 4.69) is 62.6 Å². The van der Waals surface area contributed by atoms with Crippen LogP contribution in [-0.2, 0) is 0 Å². The number of rotatable bonds is 4. The lowest BCUT2D eigenvalue weighted by Crippen LogP contribution is -2.48. The van der Waals surface area contributed by atoms with Crippen LogP contribution in [0.3, 0.4) is 0 Å². The molecule has 1 saturated heterocycles. The molecule has 124 valence electrons. The Morgan fingerprint density at radius 1 is 1.09 bits per heavy atom. The van der Waals surface area contributed by atoms with Gasteiger partial charge >= 0.3 is 0 Å². The lowest BCUT2D eigenvalue weighted by atomic mass is 9.85. The minimum atomic E-state index is 0.209. The van der Waals surface area contributed by atoms with Crippen LogP contribution in [0.1, 0.15) is 38.3 Å². The Bertz CT molecular complexity index is 482. The van der Waals surface area contributed by atoms with E-state index in [1.807, 2.05) is 0 Å². The molecule has 0 aromatic heterocycles. The number of aryl methyl sites for hydroxylation is 1. The van der Waals surface area contributed by atoms with Gasteiger partial charge in [0.05, 0.1) is 0 Å². The van der Waals surface area contributed by atoms with E-state index in [0.29, 0.717) is 0 Å². The molecule has 1 atom stereocenters. The van der Waals surface area contributed by atoms with Gasteiger partial charge in [0.15, 0.2) is 0 Å². The van der Waals surface area contributed by atoms with Gasteiger partial charge in [-0.25, -0.2) is 0 Å². The number of nitrogens with two attached hydrogens (primary N) is 1. The largest absolute Gasteiger partial charge is 0.369 e. The third-order valence-electron chi connectivity index (χ3n) is 5.16. The summed E-state index contributed by atoms with van der Waals surface area (Å²) in [5.41, 5.74) is 10.7. The van der Waals surface area contributed by atoms with Crippen molar-refractivity contribution in [3.63, 3.8) is 0 Å². The minimum absolute atomic E-state index is 0.209.